The predicted molar refractivity (Wildman–Crippen MR) is 175 cm³/mol. The first-order chi connectivity index (χ1) is 21.3. The maximum absolute atomic E-state index is 5.01. The minimum absolute atomic E-state index is 0.651. The lowest BCUT2D eigenvalue weighted by Gasteiger charge is -2.13. The minimum atomic E-state index is 0.651. The molecule has 0 aliphatic carbocycles. The van der Waals surface area contributed by atoms with E-state index in [-0.39, 0.29) is 0 Å². The minimum Gasteiger partial charge on any atom is -0.308 e. The number of hydrogen-bond donors (Lipinski definition) is 0. The van der Waals surface area contributed by atoms with E-state index in [4.69, 9.17) is 15.0 Å². The predicted octanol–water partition coefficient (Wildman–Crippen LogP) is 9.62. The Morgan fingerprint density at radius 3 is 1.58 bits per heavy atom. The fourth-order valence-electron chi connectivity index (χ4n) is 6.46. The van der Waals surface area contributed by atoms with Crippen molar-refractivity contribution >= 4 is 21.8 Å². The van der Waals surface area contributed by atoms with Gasteiger partial charge in [-0.05, 0) is 23.3 Å². The summed E-state index contributed by atoms with van der Waals surface area (Å²) in [7, 11) is 0. The largest absolute Gasteiger partial charge is 0.308 e. The van der Waals surface area contributed by atoms with Gasteiger partial charge in [-0.15, -0.1) is 0 Å². The third-order valence-electron chi connectivity index (χ3n) is 8.40. The highest BCUT2D eigenvalue weighted by atomic mass is 15.0. The summed E-state index contributed by atoms with van der Waals surface area (Å²) in [5.41, 5.74) is 11.3. The second-order valence-corrected chi connectivity index (χ2v) is 10.9. The maximum Gasteiger partial charge on any atom is 0.164 e. The van der Waals surface area contributed by atoms with Gasteiger partial charge >= 0.3 is 0 Å². The summed E-state index contributed by atoms with van der Waals surface area (Å²) < 4.78 is 2.43. The zero-order chi connectivity index (χ0) is 28.3. The number of para-hydroxylation sites is 2. The van der Waals surface area contributed by atoms with Crippen molar-refractivity contribution in [2.45, 2.75) is 0 Å². The number of rotatable bonds is 3. The Morgan fingerprint density at radius 1 is 0.372 bits per heavy atom. The lowest BCUT2D eigenvalue weighted by molar-refractivity contribution is 1.07. The molecule has 3 heterocycles. The van der Waals surface area contributed by atoms with Crippen molar-refractivity contribution < 1.29 is 0 Å². The van der Waals surface area contributed by atoms with E-state index in [0.29, 0.717) is 17.5 Å². The molecule has 8 aromatic rings. The summed E-state index contributed by atoms with van der Waals surface area (Å²) >= 11 is 0. The van der Waals surface area contributed by atoms with Gasteiger partial charge < -0.3 is 4.57 Å². The van der Waals surface area contributed by atoms with Crippen LogP contribution in [0.1, 0.15) is 0 Å². The van der Waals surface area contributed by atoms with Crippen LogP contribution in [-0.4, -0.2) is 19.5 Å². The van der Waals surface area contributed by atoms with Gasteiger partial charge in [0.25, 0.3) is 0 Å². The molecule has 0 fully saturated rings. The number of benzene rings is 6. The van der Waals surface area contributed by atoms with Gasteiger partial charge in [-0.3, -0.25) is 0 Å². The molecular formula is C39H24N4. The summed E-state index contributed by atoms with van der Waals surface area (Å²) in [5.74, 6) is 1.97. The third kappa shape index (κ3) is 3.67. The Hall–Kier alpha value is -5.87. The quantitative estimate of drug-likeness (QED) is 0.221. The van der Waals surface area contributed by atoms with Crippen LogP contribution in [0.3, 0.4) is 0 Å². The van der Waals surface area contributed by atoms with Gasteiger partial charge in [0.2, 0.25) is 0 Å². The fourth-order valence-corrected chi connectivity index (χ4v) is 6.46. The normalized spacial score (nSPS) is 11.7. The van der Waals surface area contributed by atoms with E-state index in [1.165, 1.54) is 44.2 Å². The standard InChI is InChI=1S/C39H24N4/c1-3-12-25(13-4-1)37-40-38(26-14-5-2-6-15-26)42-39(41-37)27-22-23-31-33-20-11-19-32-29-17-8-7-16-28(29)30-18-9-10-21-34(30)43(36(32)33)35(31)24-27/h1-24H. The average Bonchev–Trinajstić information content (AvgIpc) is 3.36. The summed E-state index contributed by atoms with van der Waals surface area (Å²) in [5, 5.41) is 2.44. The second-order valence-electron chi connectivity index (χ2n) is 10.9. The second kappa shape index (κ2) is 9.33. The molecule has 1 aliphatic heterocycles. The molecule has 0 saturated carbocycles. The molecule has 0 spiro atoms. The monoisotopic (exact) mass is 548 g/mol. The summed E-state index contributed by atoms with van der Waals surface area (Å²) in [4.78, 5) is 14.9. The van der Waals surface area contributed by atoms with Crippen LogP contribution in [-0.2, 0) is 0 Å². The SMILES string of the molecule is c1ccc(-c2nc(-c3ccccc3)nc(-c3ccc4c5cccc6c5n(c4c3)-c3ccccc3-c3ccccc3-6)n2)cc1. The van der Waals surface area contributed by atoms with E-state index in [2.05, 4.69) is 89.5 Å². The lowest BCUT2D eigenvalue weighted by Crippen LogP contribution is -2.00. The number of aromatic nitrogens is 4. The van der Waals surface area contributed by atoms with Gasteiger partial charge in [0.1, 0.15) is 0 Å². The molecule has 6 aromatic carbocycles. The van der Waals surface area contributed by atoms with E-state index in [1.54, 1.807) is 0 Å². The van der Waals surface area contributed by atoms with Crippen molar-refractivity contribution in [3.05, 3.63) is 146 Å². The first kappa shape index (κ1) is 23.8. The fraction of sp³-hybridized carbons (Fsp3) is 0. The molecule has 4 nitrogen and oxygen atoms in total. The zero-order valence-corrected chi connectivity index (χ0v) is 23.1. The number of hydrogen-bond acceptors (Lipinski definition) is 3. The first-order valence-corrected chi connectivity index (χ1v) is 14.5. The van der Waals surface area contributed by atoms with E-state index in [1.807, 2.05) is 60.7 Å². The molecule has 200 valence electrons. The van der Waals surface area contributed by atoms with Crippen LogP contribution in [0.25, 0.3) is 83.9 Å². The van der Waals surface area contributed by atoms with Crippen molar-refractivity contribution in [3.63, 3.8) is 0 Å². The molecule has 9 rings (SSSR count). The van der Waals surface area contributed by atoms with Gasteiger partial charge in [-0.25, -0.2) is 15.0 Å². The van der Waals surface area contributed by atoms with Crippen LogP contribution in [0.2, 0.25) is 0 Å². The van der Waals surface area contributed by atoms with Crippen LogP contribution < -0.4 is 0 Å². The van der Waals surface area contributed by atoms with Crippen molar-refractivity contribution in [2.24, 2.45) is 0 Å². The molecule has 0 radical (unpaired) electrons. The van der Waals surface area contributed by atoms with Crippen LogP contribution in [0.4, 0.5) is 0 Å². The molecule has 1 aliphatic rings. The molecule has 43 heavy (non-hydrogen) atoms. The van der Waals surface area contributed by atoms with Crippen molar-refractivity contribution in [1.82, 2.24) is 19.5 Å². The van der Waals surface area contributed by atoms with E-state index < -0.39 is 0 Å². The van der Waals surface area contributed by atoms with Crippen LogP contribution in [0, 0.1) is 0 Å². The third-order valence-corrected chi connectivity index (χ3v) is 8.40. The van der Waals surface area contributed by atoms with Crippen molar-refractivity contribution in [3.8, 4) is 62.1 Å². The first-order valence-electron chi connectivity index (χ1n) is 14.5. The zero-order valence-electron chi connectivity index (χ0n) is 23.1. The van der Waals surface area contributed by atoms with Gasteiger partial charge in [-0.1, -0.05) is 133 Å². The highest BCUT2D eigenvalue weighted by Gasteiger charge is 2.24. The molecule has 2 aromatic heterocycles. The Labute approximate surface area is 248 Å². The Morgan fingerprint density at radius 2 is 0.907 bits per heavy atom. The lowest BCUT2D eigenvalue weighted by atomic mass is 9.94. The molecule has 0 N–H and O–H groups in total. The van der Waals surface area contributed by atoms with Gasteiger partial charge in [0.05, 0.1) is 16.7 Å². The van der Waals surface area contributed by atoms with Gasteiger partial charge in [0.15, 0.2) is 17.5 Å². The molecule has 0 bridgehead atoms. The van der Waals surface area contributed by atoms with Gasteiger partial charge in [-0.2, -0.15) is 0 Å². The van der Waals surface area contributed by atoms with E-state index in [0.717, 1.165) is 22.2 Å². The highest BCUT2D eigenvalue weighted by molar-refractivity contribution is 6.16. The van der Waals surface area contributed by atoms with Crippen molar-refractivity contribution in [1.29, 1.82) is 0 Å². The average molecular weight is 549 g/mol. The number of fused-ring (bicyclic) bond motifs is 8. The Kier molecular flexibility index (Phi) is 5.16. The molecule has 0 amide bonds. The van der Waals surface area contributed by atoms with Crippen LogP contribution >= 0.6 is 0 Å². The summed E-state index contributed by atoms with van der Waals surface area (Å²) in [6.07, 6.45) is 0. The molecular weight excluding hydrogens is 524 g/mol. The van der Waals surface area contributed by atoms with Crippen molar-refractivity contribution in [2.75, 3.05) is 0 Å². The number of nitrogens with zero attached hydrogens (tertiary/aromatic N) is 4. The smallest absolute Gasteiger partial charge is 0.164 e. The highest BCUT2D eigenvalue weighted by Crippen LogP contribution is 2.46. The summed E-state index contributed by atoms with van der Waals surface area (Å²) in [6.45, 7) is 0. The van der Waals surface area contributed by atoms with E-state index in [9.17, 15) is 0 Å². The van der Waals surface area contributed by atoms with E-state index >= 15 is 0 Å². The molecule has 4 heteroatoms. The van der Waals surface area contributed by atoms with Gasteiger partial charge in [0, 0.05) is 38.6 Å². The molecule has 0 unspecified atom stereocenters. The Balaban J connectivity index is 1.34. The topological polar surface area (TPSA) is 43.6 Å². The molecule has 0 atom stereocenters. The Bertz CT molecular complexity index is 2280. The summed E-state index contributed by atoms with van der Waals surface area (Å²) in [6, 6.07) is 50.9. The molecule has 0 saturated heterocycles. The van der Waals surface area contributed by atoms with Crippen LogP contribution in [0.5, 0.6) is 0 Å². The maximum atomic E-state index is 5.01. The van der Waals surface area contributed by atoms with Crippen LogP contribution in [0.15, 0.2) is 146 Å².